The van der Waals surface area contributed by atoms with Crippen LogP contribution < -0.4 is 0 Å². The molecular formula is C9H5ClF2O2. The second-order valence-corrected chi connectivity index (χ2v) is 2.81. The van der Waals surface area contributed by atoms with Gasteiger partial charge in [0.05, 0.1) is 0 Å². The summed E-state index contributed by atoms with van der Waals surface area (Å²) in [6.07, 6.45) is 1.75. The lowest BCUT2D eigenvalue weighted by molar-refractivity contribution is -0.131. The van der Waals surface area contributed by atoms with Crippen LogP contribution in [0.5, 0.6) is 0 Å². The van der Waals surface area contributed by atoms with Crippen molar-refractivity contribution >= 4 is 23.6 Å². The van der Waals surface area contributed by atoms with Crippen LogP contribution in [0.2, 0.25) is 5.02 Å². The van der Waals surface area contributed by atoms with Crippen molar-refractivity contribution in [1.82, 2.24) is 0 Å². The molecule has 1 aromatic carbocycles. The Labute approximate surface area is 83.4 Å². The van der Waals surface area contributed by atoms with Gasteiger partial charge in [-0.05, 0) is 18.2 Å². The maximum Gasteiger partial charge on any atom is 0.328 e. The zero-order valence-corrected chi connectivity index (χ0v) is 7.55. The van der Waals surface area contributed by atoms with E-state index in [-0.39, 0.29) is 5.56 Å². The Morgan fingerprint density at radius 2 is 2.07 bits per heavy atom. The Balaban J connectivity index is 3.12. The fourth-order valence-corrected chi connectivity index (χ4v) is 1.00. The molecule has 74 valence electrons. The molecule has 0 unspecified atom stereocenters. The summed E-state index contributed by atoms with van der Waals surface area (Å²) in [5.41, 5.74) is -0.0706. The Hall–Kier alpha value is -1.42. The molecule has 0 aliphatic carbocycles. The molecule has 0 aliphatic rings. The summed E-state index contributed by atoms with van der Waals surface area (Å²) in [6, 6.07) is 2.07. The normalized spacial score (nSPS) is 10.8. The highest BCUT2D eigenvalue weighted by Crippen LogP contribution is 2.22. The van der Waals surface area contributed by atoms with E-state index in [9.17, 15) is 13.6 Å². The van der Waals surface area contributed by atoms with Gasteiger partial charge in [0.2, 0.25) is 0 Å². The highest BCUT2D eigenvalue weighted by molar-refractivity contribution is 6.31. The molecule has 1 rings (SSSR count). The van der Waals surface area contributed by atoms with Crippen LogP contribution in [-0.2, 0) is 4.79 Å². The molecule has 0 radical (unpaired) electrons. The monoisotopic (exact) mass is 218 g/mol. The molecule has 1 aromatic rings. The number of carboxylic acids is 1. The third kappa shape index (κ3) is 2.29. The van der Waals surface area contributed by atoms with Crippen LogP contribution in [0.4, 0.5) is 8.78 Å². The highest BCUT2D eigenvalue weighted by Gasteiger charge is 2.09. The van der Waals surface area contributed by atoms with Gasteiger partial charge in [0.1, 0.15) is 10.8 Å². The van der Waals surface area contributed by atoms with E-state index in [1.807, 2.05) is 0 Å². The van der Waals surface area contributed by atoms with Crippen LogP contribution in [0.3, 0.4) is 0 Å². The lowest BCUT2D eigenvalue weighted by Crippen LogP contribution is -1.90. The van der Waals surface area contributed by atoms with Crippen LogP contribution in [0.1, 0.15) is 5.56 Å². The van der Waals surface area contributed by atoms with Crippen LogP contribution >= 0.6 is 11.6 Å². The lowest BCUT2D eigenvalue weighted by atomic mass is 10.2. The van der Waals surface area contributed by atoms with Gasteiger partial charge in [-0.25, -0.2) is 13.6 Å². The molecule has 0 spiro atoms. The summed E-state index contributed by atoms with van der Waals surface area (Å²) in [4.78, 5) is 10.1. The largest absolute Gasteiger partial charge is 0.478 e. The molecule has 0 amide bonds. The topological polar surface area (TPSA) is 37.3 Å². The summed E-state index contributed by atoms with van der Waals surface area (Å²) >= 11 is 5.27. The van der Waals surface area contributed by atoms with Gasteiger partial charge >= 0.3 is 5.97 Å². The quantitative estimate of drug-likeness (QED) is 0.612. The Bertz CT molecular complexity index is 402. The summed E-state index contributed by atoms with van der Waals surface area (Å²) in [5.74, 6) is -3.06. The summed E-state index contributed by atoms with van der Waals surface area (Å²) in [5, 5.41) is 7.63. The number of rotatable bonds is 2. The van der Waals surface area contributed by atoms with Gasteiger partial charge in [-0.2, -0.15) is 0 Å². The van der Waals surface area contributed by atoms with Crippen LogP contribution in [-0.4, -0.2) is 11.1 Å². The van der Waals surface area contributed by atoms with E-state index in [0.29, 0.717) is 0 Å². The molecule has 0 saturated heterocycles. The molecule has 0 heterocycles. The van der Waals surface area contributed by atoms with Crippen LogP contribution in [0, 0.1) is 11.6 Å². The fraction of sp³-hybridized carbons (Fsp3) is 0. The summed E-state index contributed by atoms with van der Waals surface area (Å²) in [6.45, 7) is 0. The van der Waals surface area contributed by atoms with Crippen LogP contribution in [0.15, 0.2) is 18.2 Å². The average molecular weight is 219 g/mol. The number of carbonyl (C=O) groups is 1. The van der Waals surface area contributed by atoms with Gasteiger partial charge in [-0.15, -0.1) is 0 Å². The first kappa shape index (κ1) is 10.7. The molecule has 0 bridgehead atoms. The van der Waals surface area contributed by atoms with E-state index in [0.717, 1.165) is 24.3 Å². The zero-order valence-electron chi connectivity index (χ0n) is 6.80. The molecule has 2 nitrogen and oxygen atoms in total. The van der Waals surface area contributed by atoms with Crippen molar-refractivity contribution in [1.29, 1.82) is 0 Å². The number of carboxylic acid groups (broad SMARTS) is 1. The number of halogens is 3. The van der Waals surface area contributed by atoms with Crippen molar-refractivity contribution in [3.05, 3.63) is 40.4 Å². The second kappa shape index (κ2) is 4.19. The van der Waals surface area contributed by atoms with E-state index in [1.165, 1.54) is 0 Å². The van der Waals surface area contributed by atoms with Crippen LogP contribution in [0.25, 0.3) is 6.08 Å². The zero-order chi connectivity index (χ0) is 10.7. The molecular weight excluding hydrogens is 214 g/mol. The molecule has 0 aromatic heterocycles. The molecule has 1 N–H and O–H groups in total. The standard InChI is InChI=1S/C9H5ClF2O2/c10-8-6(11)3-1-5(9(8)12)2-4-7(13)14/h1-4H,(H,13,14). The minimum absolute atomic E-state index is 0.0706. The number of aliphatic carboxylic acids is 1. The average Bonchev–Trinajstić information content (AvgIpc) is 2.13. The van der Waals surface area contributed by atoms with Crippen molar-refractivity contribution in [3.63, 3.8) is 0 Å². The SMILES string of the molecule is O=C(O)C=Cc1ccc(F)c(Cl)c1F. The van der Waals surface area contributed by atoms with Crippen molar-refractivity contribution in [2.75, 3.05) is 0 Å². The molecule has 0 atom stereocenters. The maximum atomic E-state index is 13.1. The fourth-order valence-electron chi connectivity index (χ4n) is 0.831. The van der Waals surface area contributed by atoms with Crippen molar-refractivity contribution in [3.8, 4) is 0 Å². The highest BCUT2D eigenvalue weighted by atomic mass is 35.5. The molecule has 5 heteroatoms. The van der Waals surface area contributed by atoms with E-state index in [4.69, 9.17) is 16.7 Å². The number of hydrogen-bond donors (Lipinski definition) is 1. The maximum absolute atomic E-state index is 13.1. The first-order chi connectivity index (χ1) is 6.52. The van der Waals surface area contributed by atoms with E-state index in [2.05, 4.69) is 0 Å². The van der Waals surface area contributed by atoms with Crippen molar-refractivity contribution < 1.29 is 18.7 Å². The van der Waals surface area contributed by atoms with E-state index in [1.54, 1.807) is 0 Å². The predicted molar refractivity (Wildman–Crippen MR) is 48.0 cm³/mol. The van der Waals surface area contributed by atoms with Gasteiger partial charge in [0.25, 0.3) is 0 Å². The molecule has 0 saturated carbocycles. The Morgan fingerprint density at radius 3 is 2.64 bits per heavy atom. The third-order valence-electron chi connectivity index (χ3n) is 1.47. The van der Waals surface area contributed by atoms with Gasteiger partial charge in [-0.1, -0.05) is 11.6 Å². The van der Waals surface area contributed by atoms with Gasteiger partial charge in [0.15, 0.2) is 5.82 Å². The smallest absolute Gasteiger partial charge is 0.328 e. The molecule has 0 fully saturated rings. The molecule has 14 heavy (non-hydrogen) atoms. The predicted octanol–water partition coefficient (Wildman–Crippen LogP) is 2.72. The lowest BCUT2D eigenvalue weighted by Gasteiger charge is -1.99. The Morgan fingerprint density at radius 1 is 1.43 bits per heavy atom. The number of hydrogen-bond acceptors (Lipinski definition) is 1. The van der Waals surface area contributed by atoms with Gasteiger partial charge < -0.3 is 5.11 Å². The summed E-state index contributed by atoms with van der Waals surface area (Å²) in [7, 11) is 0. The van der Waals surface area contributed by atoms with E-state index < -0.39 is 22.6 Å². The minimum Gasteiger partial charge on any atom is -0.478 e. The minimum atomic E-state index is -1.22. The van der Waals surface area contributed by atoms with Crippen molar-refractivity contribution in [2.45, 2.75) is 0 Å². The summed E-state index contributed by atoms with van der Waals surface area (Å²) < 4.78 is 25.7. The number of benzene rings is 1. The molecule has 0 aliphatic heterocycles. The van der Waals surface area contributed by atoms with Gasteiger partial charge in [-0.3, -0.25) is 0 Å². The third-order valence-corrected chi connectivity index (χ3v) is 1.82. The van der Waals surface area contributed by atoms with E-state index >= 15 is 0 Å². The Kier molecular flexibility index (Phi) is 3.19. The second-order valence-electron chi connectivity index (χ2n) is 2.44. The first-order valence-electron chi connectivity index (χ1n) is 3.57. The van der Waals surface area contributed by atoms with Gasteiger partial charge in [0, 0.05) is 11.6 Å². The van der Waals surface area contributed by atoms with Crippen molar-refractivity contribution in [2.24, 2.45) is 0 Å². The first-order valence-corrected chi connectivity index (χ1v) is 3.94.